The Kier molecular flexibility index (Phi) is 10.3. The predicted octanol–water partition coefficient (Wildman–Crippen LogP) is 6.59. The lowest BCUT2D eigenvalue weighted by Crippen LogP contribution is -2.54. The van der Waals surface area contributed by atoms with E-state index in [1.165, 1.54) is 17.0 Å². The van der Waals surface area contributed by atoms with E-state index in [4.69, 9.17) is 23.2 Å². The summed E-state index contributed by atoms with van der Waals surface area (Å²) in [7, 11) is -4.15. The average molecular weight is 669 g/mol. The Bertz CT molecular complexity index is 1490. The zero-order valence-corrected chi connectivity index (χ0v) is 26.8. The van der Waals surface area contributed by atoms with Crippen molar-refractivity contribution in [2.45, 2.75) is 57.6 Å². The van der Waals surface area contributed by atoms with E-state index in [1.807, 2.05) is 27.7 Å². The van der Waals surface area contributed by atoms with Crippen molar-refractivity contribution in [1.82, 2.24) is 10.2 Å². The number of amides is 2. The predicted molar refractivity (Wildman–Crippen MR) is 164 cm³/mol. The molecule has 1 atom stereocenters. The highest BCUT2D eigenvalue weighted by molar-refractivity contribution is 9.10. The summed E-state index contributed by atoms with van der Waals surface area (Å²) >= 11 is 15.7. The monoisotopic (exact) mass is 667 g/mol. The van der Waals surface area contributed by atoms with E-state index in [2.05, 4.69) is 21.2 Å². The van der Waals surface area contributed by atoms with Gasteiger partial charge in [-0.1, -0.05) is 69.0 Å². The van der Waals surface area contributed by atoms with Gasteiger partial charge in [0.15, 0.2) is 0 Å². The lowest BCUT2D eigenvalue weighted by molar-refractivity contribution is -0.140. The number of hydrogen-bond donors (Lipinski definition) is 1. The molecular weight excluding hydrogens is 637 g/mol. The molecule has 0 fully saturated rings. The molecule has 0 bridgehead atoms. The third kappa shape index (κ3) is 8.22. The van der Waals surface area contributed by atoms with Crippen LogP contribution in [0.5, 0.6) is 0 Å². The Morgan fingerprint density at radius 3 is 2.20 bits per heavy atom. The third-order valence-electron chi connectivity index (χ3n) is 5.99. The first-order valence-corrected chi connectivity index (χ1v) is 15.5. The summed E-state index contributed by atoms with van der Waals surface area (Å²) in [6.07, 6.45) is 0. The standard InChI is InChI=1S/C29H32BrCl2N3O4S/c1-19-9-12-24(13-10-19)40(38,39)35(23-8-6-7-22(30)16-23)18-27(36)34(20(2)28(37)33-29(3,4)5)17-21-11-14-25(31)26(32)15-21/h6-16,20H,17-18H2,1-5H3,(H,33,37)/t20-/m1/s1. The quantitative estimate of drug-likeness (QED) is 0.279. The summed E-state index contributed by atoms with van der Waals surface area (Å²) in [5, 5.41) is 3.55. The van der Waals surface area contributed by atoms with E-state index in [1.54, 1.807) is 61.5 Å². The molecule has 0 aliphatic heterocycles. The van der Waals surface area contributed by atoms with Gasteiger partial charge in [0.05, 0.1) is 20.6 Å². The fourth-order valence-electron chi connectivity index (χ4n) is 3.89. The molecule has 0 saturated heterocycles. The molecule has 0 heterocycles. The molecular formula is C29H32BrCl2N3O4S. The Morgan fingerprint density at radius 2 is 1.62 bits per heavy atom. The van der Waals surface area contributed by atoms with Crippen molar-refractivity contribution in [3.63, 3.8) is 0 Å². The minimum atomic E-state index is -4.15. The van der Waals surface area contributed by atoms with Crippen LogP contribution in [0.4, 0.5) is 5.69 Å². The van der Waals surface area contributed by atoms with Gasteiger partial charge in [0.2, 0.25) is 11.8 Å². The number of sulfonamides is 1. The van der Waals surface area contributed by atoms with Crippen molar-refractivity contribution in [1.29, 1.82) is 0 Å². The number of hydrogen-bond acceptors (Lipinski definition) is 4. The molecule has 214 valence electrons. The van der Waals surface area contributed by atoms with E-state index in [0.717, 1.165) is 9.87 Å². The van der Waals surface area contributed by atoms with Crippen molar-refractivity contribution in [2.75, 3.05) is 10.8 Å². The highest BCUT2D eigenvalue weighted by Gasteiger charge is 2.33. The number of nitrogens with zero attached hydrogens (tertiary/aromatic N) is 2. The molecule has 0 aliphatic carbocycles. The van der Waals surface area contributed by atoms with E-state index >= 15 is 0 Å². The summed E-state index contributed by atoms with van der Waals surface area (Å²) < 4.78 is 29.4. The highest BCUT2D eigenvalue weighted by Crippen LogP contribution is 2.28. The second kappa shape index (κ2) is 12.9. The molecule has 3 aromatic carbocycles. The first-order chi connectivity index (χ1) is 18.6. The van der Waals surface area contributed by atoms with E-state index in [-0.39, 0.29) is 17.3 Å². The topological polar surface area (TPSA) is 86.8 Å². The average Bonchev–Trinajstić information content (AvgIpc) is 2.86. The number of carbonyl (C=O) groups is 2. The van der Waals surface area contributed by atoms with Crippen LogP contribution < -0.4 is 9.62 Å². The fourth-order valence-corrected chi connectivity index (χ4v) is 6.00. The van der Waals surface area contributed by atoms with Gasteiger partial charge in [0.25, 0.3) is 10.0 Å². The molecule has 0 unspecified atom stereocenters. The zero-order valence-electron chi connectivity index (χ0n) is 22.9. The maximum Gasteiger partial charge on any atom is 0.264 e. The van der Waals surface area contributed by atoms with Gasteiger partial charge in [-0.25, -0.2) is 8.42 Å². The maximum atomic E-state index is 14.0. The van der Waals surface area contributed by atoms with Gasteiger partial charge in [-0.05, 0) is 82.6 Å². The Hall–Kier alpha value is -2.59. The van der Waals surface area contributed by atoms with Crippen molar-refractivity contribution in [3.8, 4) is 0 Å². The maximum absolute atomic E-state index is 14.0. The molecule has 0 saturated carbocycles. The van der Waals surface area contributed by atoms with Crippen LogP contribution in [0.2, 0.25) is 10.0 Å². The van der Waals surface area contributed by atoms with Crippen LogP contribution in [0.15, 0.2) is 76.1 Å². The summed E-state index contributed by atoms with van der Waals surface area (Å²) in [6, 6.07) is 17.1. The number of rotatable bonds is 9. The Labute approximate surface area is 254 Å². The minimum Gasteiger partial charge on any atom is -0.350 e. The van der Waals surface area contributed by atoms with Crippen LogP contribution in [0, 0.1) is 6.92 Å². The second-order valence-electron chi connectivity index (χ2n) is 10.5. The number of aryl methyl sites for hydroxylation is 1. The normalized spacial score (nSPS) is 12.5. The van der Waals surface area contributed by atoms with Gasteiger partial charge in [-0.2, -0.15) is 0 Å². The van der Waals surface area contributed by atoms with Crippen LogP contribution in [0.1, 0.15) is 38.8 Å². The summed E-state index contributed by atoms with van der Waals surface area (Å²) in [4.78, 5) is 28.5. The first-order valence-electron chi connectivity index (χ1n) is 12.5. The van der Waals surface area contributed by atoms with Crippen molar-refractivity contribution >= 4 is 66.7 Å². The number of benzene rings is 3. The van der Waals surface area contributed by atoms with Crippen LogP contribution in [-0.4, -0.2) is 43.3 Å². The molecule has 0 aromatic heterocycles. The molecule has 0 spiro atoms. The summed E-state index contributed by atoms with van der Waals surface area (Å²) in [5.74, 6) is -0.949. The van der Waals surface area contributed by atoms with Gasteiger partial charge < -0.3 is 10.2 Å². The number of nitrogens with one attached hydrogen (secondary N) is 1. The third-order valence-corrected chi connectivity index (χ3v) is 9.01. The van der Waals surface area contributed by atoms with Gasteiger partial charge in [-0.3, -0.25) is 13.9 Å². The van der Waals surface area contributed by atoms with E-state index < -0.39 is 34.1 Å². The van der Waals surface area contributed by atoms with Crippen LogP contribution >= 0.6 is 39.1 Å². The Morgan fingerprint density at radius 1 is 0.975 bits per heavy atom. The van der Waals surface area contributed by atoms with Gasteiger partial charge in [-0.15, -0.1) is 0 Å². The largest absolute Gasteiger partial charge is 0.350 e. The minimum absolute atomic E-state index is 0.00531. The Balaban J connectivity index is 2.05. The zero-order chi connectivity index (χ0) is 29.8. The molecule has 0 radical (unpaired) electrons. The molecule has 3 rings (SSSR count). The van der Waals surface area contributed by atoms with Gasteiger partial charge in [0.1, 0.15) is 12.6 Å². The fraction of sp³-hybridized carbons (Fsp3) is 0.310. The number of halogens is 3. The lowest BCUT2D eigenvalue weighted by atomic mass is 10.1. The number of anilines is 1. The van der Waals surface area contributed by atoms with Crippen LogP contribution in [-0.2, 0) is 26.2 Å². The molecule has 1 N–H and O–H groups in total. The highest BCUT2D eigenvalue weighted by atomic mass is 79.9. The smallest absolute Gasteiger partial charge is 0.264 e. The molecule has 0 aliphatic rings. The van der Waals surface area contributed by atoms with Crippen LogP contribution in [0.3, 0.4) is 0 Å². The SMILES string of the molecule is Cc1ccc(S(=O)(=O)N(CC(=O)N(Cc2ccc(Cl)c(Cl)c2)[C@H](C)C(=O)NC(C)(C)C)c2cccc(Br)c2)cc1. The summed E-state index contributed by atoms with van der Waals surface area (Å²) in [6.45, 7) is 8.45. The first kappa shape index (κ1) is 31.9. The van der Waals surface area contributed by atoms with E-state index in [0.29, 0.717) is 25.8 Å². The van der Waals surface area contributed by atoms with Crippen molar-refractivity contribution < 1.29 is 18.0 Å². The second-order valence-corrected chi connectivity index (χ2v) is 14.1. The van der Waals surface area contributed by atoms with Crippen molar-refractivity contribution in [2.24, 2.45) is 0 Å². The van der Waals surface area contributed by atoms with Gasteiger partial charge in [0, 0.05) is 16.6 Å². The molecule has 40 heavy (non-hydrogen) atoms. The molecule has 3 aromatic rings. The van der Waals surface area contributed by atoms with Crippen molar-refractivity contribution in [3.05, 3.63) is 92.4 Å². The van der Waals surface area contributed by atoms with Crippen LogP contribution in [0.25, 0.3) is 0 Å². The molecule has 2 amide bonds. The summed E-state index contributed by atoms with van der Waals surface area (Å²) in [5.41, 5.74) is 1.29. The molecule has 7 nitrogen and oxygen atoms in total. The van der Waals surface area contributed by atoms with E-state index in [9.17, 15) is 18.0 Å². The van der Waals surface area contributed by atoms with Gasteiger partial charge >= 0.3 is 0 Å². The molecule has 11 heteroatoms. The number of carbonyl (C=O) groups excluding carboxylic acids is 2. The lowest BCUT2D eigenvalue weighted by Gasteiger charge is -2.33.